The van der Waals surface area contributed by atoms with E-state index in [4.69, 9.17) is 16.0 Å². The van der Waals surface area contributed by atoms with E-state index in [2.05, 4.69) is 5.32 Å². The molecule has 1 N–H and O–H groups in total. The molecular weight excluding hydrogens is 326 g/mol. The molecule has 2 heterocycles. The Labute approximate surface area is 133 Å². The summed E-state index contributed by atoms with van der Waals surface area (Å²) in [7, 11) is -3.02. The Kier molecular flexibility index (Phi) is 3.97. The third kappa shape index (κ3) is 3.34. The maximum Gasteiger partial charge on any atom is 0.287 e. The average Bonchev–Trinajstić information content (AvgIpc) is 3.06. The molecule has 0 saturated carbocycles. The monoisotopic (exact) mass is 339 g/mol. The summed E-state index contributed by atoms with van der Waals surface area (Å²) < 4.78 is 28.3. The first kappa shape index (κ1) is 15.1. The van der Waals surface area contributed by atoms with Gasteiger partial charge in [-0.1, -0.05) is 11.6 Å². The number of sulfone groups is 1. The summed E-state index contributed by atoms with van der Waals surface area (Å²) in [5.41, 5.74) is 0.812. The van der Waals surface area contributed by atoms with E-state index in [1.54, 1.807) is 36.4 Å². The summed E-state index contributed by atoms with van der Waals surface area (Å²) in [5, 5.41) is 3.31. The van der Waals surface area contributed by atoms with Gasteiger partial charge >= 0.3 is 0 Å². The Balaban J connectivity index is 1.71. The van der Waals surface area contributed by atoms with E-state index < -0.39 is 15.7 Å². The van der Waals surface area contributed by atoms with Gasteiger partial charge in [-0.25, -0.2) is 8.42 Å². The van der Waals surface area contributed by atoms with E-state index in [0.29, 0.717) is 17.2 Å². The standard InChI is InChI=1S/C15H14ClNO4S/c16-11-3-1-10(2-4-11)13-5-6-14(21-13)15(18)17-12-7-8-22(19,20)9-12/h1-6,12H,7-9H2,(H,17,18)/t12-/m1/s1. The zero-order valence-electron chi connectivity index (χ0n) is 11.6. The highest BCUT2D eigenvalue weighted by molar-refractivity contribution is 7.91. The zero-order chi connectivity index (χ0) is 15.7. The SMILES string of the molecule is O=C(N[C@@H]1CCS(=O)(=O)C1)c1ccc(-c2ccc(Cl)cc2)o1. The van der Waals surface area contributed by atoms with Crippen LogP contribution in [0.5, 0.6) is 0 Å². The molecule has 1 aliphatic rings. The zero-order valence-corrected chi connectivity index (χ0v) is 13.2. The van der Waals surface area contributed by atoms with Gasteiger partial charge in [-0.2, -0.15) is 0 Å². The molecular formula is C15H14ClNO4S. The fraction of sp³-hybridized carbons (Fsp3) is 0.267. The van der Waals surface area contributed by atoms with E-state index >= 15 is 0 Å². The predicted molar refractivity (Wildman–Crippen MR) is 83.7 cm³/mol. The van der Waals surface area contributed by atoms with Crippen LogP contribution in [0, 0.1) is 0 Å². The number of nitrogens with one attached hydrogen (secondary N) is 1. The van der Waals surface area contributed by atoms with E-state index in [9.17, 15) is 13.2 Å². The van der Waals surface area contributed by atoms with Gasteiger partial charge in [0.2, 0.25) is 0 Å². The third-order valence-corrected chi connectivity index (χ3v) is 5.55. The van der Waals surface area contributed by atoms with Gasteiger partial charge in [-0.3, -0.25) is 4.79 Å². The summed E-state index contributed by atoms with van der Waals surface area (Å²) in [6.45, 7) is 0. The molecule has 1 atom stereocenters. The normalized spacial score (nSPS) is 20.0. The summed E-state index contributed by atoms with van der Waals surface area (Å²) in [6.07, 6.45) is 0.443. The van der Waals surface area contributed by atoms with Crippen molar-refractivity contribution in [3.8, 4) is 11.3 Å². The van der Waals surface area contributed by atoms with Crippen LogP contribution in [0.2, 0.25) is 5.02 Å². The van der Waals surface area contributed by atoms with Gasteiger partial charge in [-0.05, 0) is 42.8 Å². The number of amides is 1. The number of rotatable bonds is 3. The van der Waals surface area contributed by atoms with Crippen molar-refractivity contribution in [2.24, 2.45) is 0 Å². The summed E-state index contributed by atoms with van der Waals surface area (Å²) in [5.74, 6) is 0.424. The van der Waals surface area contributed by atoms with Gasteiger partial charge < -0.3 is 9.73 Å². The molecule has 22 heavy (non-hydrogen) atoms. The fourth-order valence-corrected chi connectivity index (χ4v) is 4.19. The molecule has 7 heteroatoms. The van der Waals surface area contributed by atoms with Crippen molar-refractivity contribution in [2.75, 3.05) is 11.5 Å². The molecule has 5 nitrogen and oxygen atoms in total. The van der Waals surface area contributed by atoms with Crippen LogP contribution in [0.4, 0.5) is 0 Å². The largest absolute Gasteiger partial charge is 0.451 e. The van der Waals surface area contributed by atoms with Crippen LogP contribution >= 0.6 is 11.6 Å². The molecule has 1 aliphatic heterocycles. The van der Waals surface area contributed by atoms with Gasteiger partial charge in [0.1, 0.15) is 5.76 Å². The minimum absolute atomic E-state index is 0.0104. The van der Waals surface area contributed by atoms with Crippen LogP contribution in [-0.4, -0.2) is 31.9 Å². The number of carbonyl (C=O) groups is 1. The minimum Gasteiger partial charge on any atom is -0.451 e. The quantitative estimate of drug-likeness (QED) is 0.932. The molecule has 1 amide bonds. The molecule has 0 unspecified atom stereocenters. The summed E-state index contributed by atoms with van der Waals surface area (Å²) in [6, 6.07) is 10.00. The fourth-order valence-electron chi connectivity index (χ4n) is 2.39. The van der Waals surface area contributed by atoms with Crippen molar-refractivity contribution in [2.45, 2.75) is 12.5 Å². The molecule has 116 valence electrons. The Hall–Kier alpha value is -1.79. The van der Waals surface area contributed by atoms with Crippen molar-refractivity contribution in [3.63, 3.8) is 0 Å². The predicted octanol–water partition coefficient (Wildman–Crippen LogP) is 2.52. The Morgan fingerprint density at radius 1 is 1.18 bits per heavy atom. The van der Waals surface area contributed by atoms with Gasteiger partial charge in [0.25, 0.3) is 5.91 Å². The van der Waals surface area contributed by atoms with Crippen molar-refractivity contribution >= 4 is 27.3 Å². The molecule has 3 rings (SSSR count). The minimum atomic E-state index is -3.02. The molecule has 0 aliphatic carbocycles. The lowest BCUT2D eigenvalue weighted by atomic mass is 10.2. The molecule has 1 aromatic carbocycles. The van der Waals surface area contributed by atoms with E-state index in [0.717, 1.165) is 5.56 Å². The topological polar surface area (TPSA) is 76.4 Å². The van der Waals surface area contributed by atoms with E-state index in [-0.39, 0.29) is 23.3 Å². The Morgan fingerprint density at radius 3 is 2.55 bits per heavy atom. The van der Waals surface area contributed by atoms with Crippen molar-refractivity contribution < 1.29 is 17.6 Å². The number of carbonyl (C=O) groups excluding carboxylic acids is 1. The van der Waals surface area contributed by atoms with E-state index in [1.807, 2.05) is 0 Å². The number of furan rings is 1. The molecule has 1 saturated heterocycles. The van der Waals surface area contributed by atoms with Crippen LogP contribution in [-0.2, 0) is 9.84 Å². The van der Waals surface area contributed by atoms with Crippen LogP contribution in [0.25, 0.3) is 11.3 Å². The third-order valence-electron chi connectivity index (χ3n) is 3.53. The van der Waals surface area contributed by atoms with Crippen LogP contribution in [0.3, 0.4) is 0 Å². The van der Waals surface area contributed by atoms with Crippen molar-refractivity contribution in [1.82, 2.24) is 5.32 Å². The highest BCUT2D eigenvalue weighted by atomic mass is 35.5. The van der Waals surface area contributed by atoms with Gasteiger partial charge in [-0.15, -0.1) is 0 Å². The molecule has 0 radical (unpaired) electrons. The van der Waals surface area contributed by atoms with Crippen molar-refractivity contribution in [3.05, 3.63) is 47.2 Å². The first-order valence-electron chi connectivity index (χ1n) is 6.80. The van der Waals surface area contributed by atoms with Crippen LogP contribution < -0.4 is 5.32 Å². The maximum atomic E-state index is 12.1. The molecule has 0 spiro atoms. The Morgan fingerprint density at radius 2 is 1.91 bits per heavy atom. The second kappa shape index (κ2) is 5.78. The van der Waals surface area contributed by atoms with Gasteiger partial charge in [0.05, 0.1) is 11.5 Å². The first-order valence-corrected chi connectivity index (χ1v) is 9.00. The van der Waals surface area contributed by atoms with E-state index in [1.165, 1.54) is 0 Å². The lowest BCUT2D eigenvalue weighted by Crippen LogP contribution is -2.35. The van der Waals surface area contributed by atoms with Crippen molar-refractivity contribution in [1.29, 1.82) is 0 Å². The highest BCUT2D eigenvalue weighted by Gasteiger charge is 2.29. The smallest absolute Gasteiger partial charge is 0.287 e. The van der Waals surface area contributed by atoms with Gasteiger partial charge in [0, 0.05) is 16.6 Å². The number of halogens is 1. The van der Waals surface area contributed by atoms with Crippen LogP contribution in [0.1, 0.15) is 17.0 Å². The Bertz CT molecular complexity index is 795. The average molecular weight is 340 g/mol. The first-order chi connectivity index (χ1) is 10.4. The summed E-state index contributed by atoms with van der Waals surface area (Å²) in [4.78, 5) is 12.1. The number of hydrogen-bond acceptors (Lipinski definition) is 4. The van der Waals surface area contributed by atoms with Crippen LogP contribution in [0.15, 0.2) is 40.8 Å². The summed E-state index contributed by atoms with van der Waals surface area (Å²) >= 11 is 5.83. The lowest BCUT2D eigenvalue weighted by Gasteiger charge is -2.08. The lowest BCUT2D eigenvalue weighted by molar-refractivity contribution is 0.0914. The molecule has 2 aromatic rings. The second-order valence-corrected chi connectivity index (χ2v) is 7.91. The number of benzene rings is 1. The maximum absolute atomic E-state index is 12.1. The number of hydrogen-bond donors (Lipinski definition) is 1. The molecule has 1 fully saturated rings. The second-order valence-electron chi connectivity index (χ2n) is 5.24. The van der Waals surface area contributed by atoms with Gasteiger partial charge in [0.15, 0.2) is 15.6 Å². The molecule has 0 bridgehead atoms. The molecule has 1 aromatic heterocycles. The highest BCUT2D eigenvalue weighted by Crippen LogP contribution is 2.24.